The van der Waals surface area contributed by atoms with Crippen molar-refractivity contribution >= 4 is 29.4 Å². The summed E-state index contributed by atoms with van der Waals surface area (Å²) in [6.45, 7) is 18.7. The molecule has 0 radical (unpaired) electrons. The van der Waals surface area contributed by atoms with Gasteiger partial charge >= 0.3 is 6.09 Å². The molecule has 3 fully saturated rings. The van der Waals surface area contributed by atoms with Crippen molar-refractivity contribution in [2.24, 2.45) is 10.8 Å². The predicted octanol–water partition coefficient (Wildman–Crippen LogP) is 5.14. The minimum Gasteiger partial charge on any atom is -0.489 e. The van der Waals surface area contributed by atoms with E-state index in [0.717, 1.165) is 44.8 Å². The molecule has 1 aromatic heterocycles. The van der Waals surface area contributed by atoms with E-state index in [2.05, 4.69) is 59.1 Å². The number of nitrogens with one attached hydrogen (secondary N) is 1. The molecule has 0 atom stereocenters. The van der Waals surface area contributed by atoms with Gasteiger partial charge in [0.15, 0.2) is 11.5 Å². The fourth-order valence-electron chi connectivity index (χ4n) is 7.47. The molecule has 248 valence electrons. The molecule has 1 aromatic carbocycles. The largest absolute Gasteiger partial charge is 0.489 e. The van der Waals surface area contributed by atoms with Crippen LogP contribution in [-0.4, -0.2) is 95.1 Å². The van der Waals surface area contributed by atoms with Crippen molar-refractivity contribution in [3.05, 3.63) is 46.6 Å². The number of benzene rings is 1. The van der Waals surface area contributed by atoms with Crippen molar-refractivity contribution in [3.8, 4) is 11.8 Å². The van der Waals surface area contributed by atoms with Crippen LogP contribution in [0.5, 0.6) is 5.75 Å². The smallest absolute Gasteiger partial charge is 0.410 e. The fraction of sp³-hybridized carbons (Fsp3) is 0.618. The molecule has 2 amide bonds. The van der Waals surface area contributed by atoms with Crippen molar-refractivity contribution in [2.75, 3.05) is 44.2 Å². The van der Waals surface area contributed by atoms with Gasteiger partial charge in [0.25, 0.3) is 5.91 Å². The summed E-state index contributed by atoms with van der Waals surface area (Å²) in [5.41, 5.74) is -0.564. The Morgan fingerprint density at radius 3 is 2.17 bits per heavy atom. The number of rotatable bonds is 6. The van der Waals surface area contributed by atoms with Crippen molar-refractivity contribution in [3.63, 3.8) is 0 Å². The van der Waals surface area contributed by atoms with Crippen molar-refractivity contribution in [2.45, 2.75) is 85.1 Å². The highest BCUT2D eigenvalue weighted by Gasteiger charge is 2.64. The normalized spacial score (nSPS) is 23.2. The average Bonchev–Trinajstić information content (AvgIpc) is 3.01. The van der Waals surface area contributed by atoms with Crippen LogP contribution < -0.4 is 15.0 Å². The summed E-state index contributed by atoms with van der Waals surface area (Å²) in [5, 5.41) is 21.4. The Hall–Kier alpha value is -3.62. The molecule has 5 rings (SSSR count). The summed E-state index contributed by atoms with van der Waals surface area (Å²) < 4.78 is 11.9. The number of piperazine rings is 1. The van der Waals surface area contributed by atoms with Crippen molar-refractivity contribution < 1.29 is 19.1 Å². The Balaban J connectivity index is 1.11. The van der Waals surface area contributed by atoms with Crippen molar-refractivity contribution in [1.82, 2.24) is 25.3 Å². The standard InChI is InChI=1S/C34H46ClN7O4/c1-32(2,3)46-31(44)42-18-16-40(17-19-42)23-12-14-41(15-13-23)27-11-10-26(38-39-27)28(43)37-29-33(4,5)30(34(29,6)7)45-24-9-8-22(21-36)25(35)20-24/h8-11,20,23,29-30H,12-19H2,1-7H3,(H,37,43). The highest BCUT2D eigenvalue weighted by Crippen LogP contribution is 2.55. The summed E-state index contributed by atoms with van der Waals surface area (Å²) in [5.74, 6) is 1.09. The number of carbonyl (C=O) groups is 2. The van der Waals surface area contributed by atoms with Crippen LogP contribution in [0.2, 0.25) is 5.02 Å². The van der Waals surface area contributed by atoms with Crippen LogP contribution in [0.15, 0.2) is 30.3 Å². The van der Waals surface area contributed by atoms with Gasteiger partial charge in [0.2, 0.25) is 0 Å². The number of ether oxygens (including phenoxy) is 2. The van der Waals surface area contributed by atoms with Crippen molar-refractivity contribution in [1.29, 1.82) is 5.26 Å². The molecule has 1 N–H and O–H groups in total. The minimum absolute atomic E-state index is 0.169. The maximum Gasteiger partial charge on any atom is 0.410 e. The number of piperidine rings is 1. The zero-order chi connectivity index (χ0) is 33.4. The first-order chi connectivity index (χ1) is 21.6. The molecule has 1 saturated carbocycles. The van der Waals surface area contributed by atoms with Gasteiger partial charge in [0.1, 0.15) is 23.5 Å². The lowest BCUT2D eigenvalue weighted by molar-refractivity contribution is -0.164. The predicted molar refractivity (Wildman–Crippen MR) is 176 cm³/mol. The molecule has 2 aliphatic heterocycles. The quantitative estimate of drug-likeness (QED) is 0.452. The third-order valence-electron chi connectivity index (χ3n) is 9.58. The van der Waals surface area contributed by atoms with Gasteiger partial charge in [-0.15, -0.1) is 10.2 Å². The van der Waals surface area contributed by atoms with Gasteiger partial charge < -0.3 is 24.6 Å². The van der Waals surface area contributed by atoms with E-state index in [4.69, 9.17) is 26.3 Å². The molecule has 0 spiro atoms. The lowest BCUT2D eigenvalue weighted by Gasteiger charge is -2.63. The number of halogens is 1. The minimum atomic E-state index is -0.486. The van der Waals surface area contributed by atoms with E-state index in [1.54, 1.807) is 29.2 Å². The number of nitriles is 1. The van der Waals surface area contributed by atoms with Gasteiger partial charge in [-0.3, -0.25) is 9.69 Å². The zero-order valence-electron chi connectivity index (χ0n) is 28.0. The molecule has 1 aliphatic carbocycles. The van der Waals surface area contributed by atoms with Crippen LogP contribution in [0.3, 0.4) is 0 Å². The molecule has 0 bridgehead atoms. The maximum absolute atomic E-state index is 13.3. The summed E-state index contributed by atoms with van der Waals surface area (Å²) in [4.78, 5) is 32.2. The van der Waals surface area contributed by atoms with E-state index >= 15 is 0 Å². The van der Waals surface area contributed by atoms with Crippen LogP contribution >= 0.6 is 11.6 Å². The summed E-state index contributed by atoms with van der Waals surface area (Å²) >= 11 is 6.22. The third-order valence-corrected chi connectivity index (χ3v) is 9.90. The highest BCUT2D eigenvalue weighted by atomic mass is 35.5. The molecular formula is C34H46ClN7O4. The van der Waals surface area contributed by atoms with E-state index in [-0.39, 0.29) is 40.7 Å². The summed E-state index contributed by atoms with van der Waals surface area (Å²) in [6.07, 6.45) is 1.57. The molecule has 3 heterocycles. The summed E-state index contributed by atoms with van der Waals surface area (Å²) in [7, 11) is 0. The first-order valence-electron chi connectivity index (χ1n) is 16.1. The first kappa shape index (κ1) is 33.7. The first-order valence-corrected chi connectivity index (χ1v) is 16.5. The Morgan fingerprint density at radius 2 is 1.63 bits per heavy atom. The number of anilines is 1. The molecule has 46 heavy (non-hydrogen) atoms. The Labute approximate surface area is 277 Å². The third kappa shape index (κ3) is 7.03. The van der Waals surface area contributed by atoms with Crippen LogP contribution in [0.4, 0.5) is 10.6 Å². The monoisotopic (exact) mass is 651 g/mol. The zero-order valence-corrected chi connectivity index (χ0v) is 28.7. The number of nitrogens with zero attached hydrogens (tertiary/aromatic N) is 6. The SMILES string of the molecule is CC(C)(C)OC(=O)N1CCN(C2CCN(c3ccc(C(=O)NC4C(C)(C)C(Oc5ccc(C#N)c(Cl)c5)C4(C)C)nn3)CC2)CC1. The van der Waals surface area contributed by atoms with Crippen LogP contribution in [-0.2, 0) is 4.74 Å². The van der Waals surface area contributed by atoms with Gasteiger partial charge in [-0.1, -0.05) is 39.3 Å². The van der Waals surface area contributed by atoms with E-state index in [9.17, 15) is 9.59 Å². The molecule has 0 unspecified atom stereocenters. The lowest BCUT2D eigenvalue weighted by atomic mass is 9.49. The second-order valence-corrected chi connectivity index (χ2v) is 15.2. The van der Waals surface area contributed by atoms with Crippen LogP contribution in [0.25, 0.3) is 0 Å². The van der Waals surface area contributed by atoms with E-state index in [1.165, 1.54) is 0 Å². The van der Waals surface area contributed by atoms with E-state index in [1.807, 2.05) is 26.8 Å². The van der Waals surface area contributed by atoms with Crippen LogP contribution in [0, 0.1) is 22.2 Å². The molecular weight excluding hydrogens is 606 g/mol. The Kier molecular flexibility index (Phi) is 9.45. The Morgan fingerprint density at radius 1 is 0.978 bits per heavy atom. The van der Waals surface area contributed by atoms with E-state index < -0.39 is 5.60 Å². The highest BCUT2D eigenvalue weighted by molar-refractivity contribution is 6.31. The molecule has 3 aliphatic rings. The van der Waals surface area contributed by atoms with E-state index in [0.29, 0.717) is 35.5 Å². The average molecular weight is 652 g/mol. The summed E-state index contributed by atoms with van der Waals surface area (Å²) in [6, 6.07) is 11.0. The van der Waals surface area contributed by atoms with Gasteiger partial charge in [0, 0.05) is 68.2 Å². The number of aromatic nitrogens is 2. The fourth-order valence-corrected chi connectivity index (χ4v) is 7.68. The van der Waals surface area contributed by atoms with Gasteiger partial charge in [0.05, 0.1) is 10.6 Å². The molecule has 12 heteroatoms. The molecule has 2 saturated heterocycles. The van der Waals surface area contributed by atoms with Gasteiger partial charge in [-0.25, -0.2) is 4.79 Å². The Bertz CT molecular complexity index is 1450. The topological polar surface area (TPSA) is 124 Å². The number of hydrogen-bond acceptors (Lipinski definition) is 9. The van der Waals surface area contributed by atoms with Crippen LogP contribution in [0.1, 0.15) is 77.4 Å². The lowest BCUT2D eigenvalue weighted by Crippen LogP contribution is -2.74. The molecule has 2 aromatic rings. The van der Waals surface area contributed by atoms with Gasteiger partial charge in [-0.2, -0.15) is 5.26 Å². The molecule has 11 nitrogen and oxygen atoms in total. The second-order valence-electron chi connectivity index (χ2n) is 14.8. The van der Waals surface area contributed by atoms with Gasteiger partial charge in [-0.05, 0) is 57.9 Å². The number of amides is 2. The maximum atomic E-state index is 13.3. The number of hydrogen-bond donors (Lipinski definition) is 1. The second kappa shape index (κ2) is 12.9. The number of carbonyl (C=O) groups excluding carboxylic acids is 2.